The molecule has 2 heterocycles. The number of nitro groups is 2. The lowest BCUT2D eigenvalue weighted by Gasteiger charge is -2.32. The number of aryl methyl sites for hydroxylation is 1. The summed E-state index contributed by atoms with van der Waals surface area (Å²) in [6.07, 6.45) is 2.29. The number of nitro benzene ring substituents is 2. The molecule has 0 fully saturated rings. The first-order chi connectivity index (χ1) is 15.7. The number of amides is 1. The molecule has 1 amide bonds. The third-order valence-corrected chi connectivity index (χ3v) is 6.59. The maximum atomic E-state index is 12.9. The molecule has 1 aliphatic rings. The smallest absolute Gasteiger partial charge is 0.299 e. The molecule has 12 heteroatoms. The van der Waals surface area contributed by atoms with Crippen molar-refractivity contribution in [1.29, 1.82) is 0 Å². The Bertz CT molecular complexity index is 1290. The number of rotatable bonds is 6. The maximum absolute atomic E-state index is 12.9. The Kier molecular flexibility index (Phi) is 6.02. The van der Waals surface area contributed by atoms with Gasteiger partial charge in [0.25, 0.3) is 11.4 Å². The number of aromatic nitrogens is 2. The van der Waals surface area contributed by atoms with Crippen LogP contribution in [0.2, 0.25) is 0 Å². The number of carbonyl (C=O) groups is 1. The summed E-state index contributed by atoms with van der Waals surface area (Å²) in [5, 5.41) is 26.0. The van der Waals surface area contributed by atoms with E-state index in [0.29, 0.717) is 6.42 Å². The summed E-state index contributed by atoms with van der Waals surface area (Å²) in [6.45, 7) is -0.164. The average Bonchev–Trinajstić information content (AvgIpc) is 3.07. The highest BCUT2D eigenvalue weighted by molar-refractivity contribution is 9.10. The first kappa shape index (κ1) is 22.6. The highest BCUT2D eigenvalue weighted by Gasteiger charge is 2.29. The number of anilines is 1. The van der Waals surface area contributed by atoms with Crippen molar-refractivity contribution in [1.82, 2.24) is 14.5 Å². The number of hydrogen-bond donors (Lipinski definition) is 1. The first-order valence-corrected chi connectivity index (χ1v) is 11.0. The van der Waals surface area contributed by atoms with Crippen LogP contribution in [0.3, 0.4) is 0 Å². The van der Waals surface area contributed by atoms with E-state index in [1.54, 1.807) is 11.9 Å². The van der Waals surface area contributed by atoms with Gasteiger partial charge in [0.2, 0.25) is 5.91 Å². The van der Waals surface area contributed by atoms with Gasteiger partial charge in [0, 0.05) is 37.3 Å². The van der Waals surface area contributed by atoms with Crippen LogP contribution in [-0.2, 0) is 24.7 Å². The fourth-order valence-corrected chi connectivity index (χ4v) is 4.65. The van der Waals surface area contributed by atoms with Crippen LogP contribution in [0.1, 0.15) is 17.7 Å². The predicted octanol–water partition coefficient (Wildman–Crippen LogP) is 3.58. The summed E-state index contributed by atoms with van der Waals surface area (Å²) in [6, 6.07) is 7.21. The Morgan fingerprint density at radius 2 is 2.03 bits per heavy atom. The van der Waals surface area contributed by atoms with Crippen LogP contribution in [0, 0.1) is 20.2 Å². The lowest BCUT2D eigenvalue weighted by atomic mass is 9.90. The minimum atomic E-state index is -0.709. The fourth-order valence-electron chi connectivity index (χ4n) is 4.35. The van der Waals surface area contributed by atoms with Crippen LogP contribution in [-0.4, -0.2) is 49.8 Å². The molecule has 4 rings (SSSR count). The third kappa shape index (κ3) is 4.25. The number of benzene rings is 1. The van der Waals surface area contributed by atoms with E-state index in [1.165, 1.54) is 23.4 Å². The van der Waals surface area contributed by atoms with Gasteiger partial charge in [-0.15, -0.1) is 0 Å². The second-order valence-corrected chi connectivity index (χ2v) is 8.77. The summed E-state index contributed by atoms with van der Waals surface area (Å²) in [4.78, 5) is 39.9. The van der Waals surface area contributed by atoms with Crippen LogP contribution in [0.4, 0.5) is 17.1 Å². The molecule has 0 bridgehead atoms. The van der Waals surface area contributed by atoms with Crippen molar-refractivity contribution in [2.75, 3.05) is 18.9 Å². The molecule has 11 nitrogen and oxygen atoms in total. The minimum Gasteiger partial charge on any atom is -0.371 e. The number of likely N-dealkylation sites (N-methyl/N-ethyl adjacent to an activating group) is 1. The molecule has 0 spiro atoms. The van der Waals surface area contributed by atoms with E-state index in [9.17, 15) is 25.0 Å². The summed E-state index contributed by atoms with van der Waals surface area (Å²) in [5.41, 5.74) is 2.52. The fraction of sp³-hybridized carbons (Fsp3) is 0.333. The van der Waals surface area contributed by atoms with Gasteiger partial charge in [-0.1, -0.05) is 0 Å². The summed E-state index contributed by atoms with van der Waals surface area (Å²) < 4.78 is 2.87. The normalized spacial score (nSPS) is 15.2. The second-order valence-electron chi connectivity index (χ2n) is 7.96. The summed E-state index contributed by atoms with van der Waals surface area (Å²) >= 11 is 3.42. The quantitative estimate of drug-likeness (QED) is 0.300. The number of carbonyl (C=O) groups excluding carboxylic acids is 1. The van der Waals surface area contributed by atoms with Crippen molar-refractivity contribution in [2.45, 2.75) is 25.3 Å². The van der Waals surface area contributed by atoms with E-state index in [1.807, 2.05) is 19.2 Å². The van der Waals surface area contributed by atoms with E-state index in [4.69, 9.17) is 0 Å². The van der Waals surface area contributed by atoms with Crippen LogP contribution >= 0.6 is 15.9 Å². The van der Waals surface area contributed by atoms with Crippen molar-refractivity contribution in [3.8, 4) is 0 Å². The molecule has 1 aromatic carbocycles. The molecule has 0 saturated carbocycles. The summed E-state index contributed by atoms with van der Waals surface area (Å²) in [7, 11) is 3.72. The SMILES string of the molecule is CN(C(=O)CNc1ccc([N+](=O)[O-])cc1[N+](=O)[O-])C1CCc2c(c3ccc(Br)nc3n2C)C1. The molecular formula is C21H21BrN6O5. The Hall–Kier alpha value is -3.54. The topological polar surface area (TPSA) is 136 Å². The molecule has 1 N–H and O–H groups in total. The molecule has 1 unspecified atom stereocenters. The van der Waals surface area contributed by atoms with Crippen LogP contribution in [0.15, 0.2) is 34.9 Å². The number of halogens is 1. The zero-order chi connectivity index (χ0) is 23.9. The molecular weight excluding hydrogens is 496 g/mol. The zero-order valence-corrected chi connectivity index (χ0v) is 19.5. The van der Waals surface area contributed by atoms with Crippen molar-refractivity contribution in [3.05, 3.63) is 66.4 Å². The molecule has 0 aliphatic heterocycles. The molecule has 33 heavy (non-hydrogen) atoms. The molecule has 1 aliphatic carbocycles. The van der Waals surface area contributed by atoms with Crippen LogP contribution in [0.25, 0.3) is 11.0 Å². The highest BCUT2D eigenvalue weighted by Crippen LogP contribution is 2.33. The van der Waals surface area contributed by atoms with Gasteiger partial charge in [0.05, 0.1) is 22.5 Å². The largest absolute Gasteiger partial charge is 0.371 e. The standard InChI is InChI=1S/C21H21BrN6O5/c1-25(20(29)11-23-16-6-3-13(27(30)31)10-18(16)28(32)33)12-4-7-17-15(9-12)14-5-8-19(22)24-21(14)26(17)2/h3,5-6,8,10,12,23H,4,7,9,11H2,1-2H3. The lowest BCUT2D eigenvalue weighted by Crippen LogP contribution is -2.43. The van der Waals surface area contributed by atoms with Gasteiger partial charge in [-0.25, -0.2) is 4.98 Å². The lowest BCUT2D eigenvalue weighted by molar-refractivity contribution is -0.393. The summed E-state index contributed by atoms with van der Waals surface area (Å²) in [5.74, 6) is -0.225. The predicted molar refractivity (Wildman–Crippen MR) is 125 cm³/mol. The van der Waals surface area contributed by atoms with Crippen molar-refractivity contribution >= 4 is 49.9 Å². The number of fused-ring (bicyclic) bond motifs is 3. The van der Waals surface area contributed by atoms with Gasteiger partial charge in [-0.2, -0.15) is 0 Å². The van der Waals surface area contributed by atoms with Gasteiger partial charge < -0.3 is 14.8 Å². The van der Waals surface area contributed by atoms with Gasteiger partial charge in [-0.3, -0.25) is 25.0 Å². The van der Waals surface area contributed by atoms with E-state index < -0.39 is 15.5 Å². The average molecular weight is 517 g/mol. The van der Waals surface area contributed by atoms with Gasteiger partial charge in [-0.05, 0) is 59.0 Å². The van der Waals surface area contributed by atoms with Crippen molar-refractivity contribution in [2.24, 2.45) is 7.05 Å². The molecule has 0 radical (unpaired) electrons. The Labute approximate surface area is 196 Å². The molecule has 2 aromatic heterocycles. The van der Waals surface area contributed by atoms with E-state index in [-0.39, 0.29) is 29.9 Å². The van der Waals surface area contributed by atoms with Crippen molar-refractivity contribution < 1.29 is 14.6 Å². The van der Waals surface area contributed by atoms with E-state index in [0.717, 1.165) is 34.5 Å². The highest BCUT2D eigenvalue weighted by atomic mass is 79.9. The van der Waals surface area contributed by atoms with E-state index in [2.05, 4.69) is 30.8 Å². The molecule has 1 atom stereocenters. The van der Waals surface area contributed by atoms with Gasteiger partial charge >= 0.3 is 0 Å². The number of pyridine rings is 1. The Balaban J connectivity index is 1.48. The Morgan fingerprint density at radius 3 is 2.73 bits per heavy atom. The third-order valence-electron chi connectivity index (χ3n) is 6.15. The molecule has 3 aromatic rings. The number of hydrogen-bond acceptors (Lipinski definition) is 7. The molecule has 0 saturated heterocycles. The van der Waals surface area contributed by atoms with Crippen LogP contribution < -0.4 is 5.32 Å². The van der Waals surface area contributed by atoms with Gasteiger partial charge in [0.15, 0.2) is 0 Å². The van der Waals surface area contributed by atoms with Crippen LogP contribution in [0.5, 0.6) is 0 Å². The maximum Gasteiger partial charge on any atom is 0.299 e. The van der Waals surface area contributed by atoms with E-state index >= 15 is 0 Å². The van der Waals surface area contributed by atoms with Gasteiger partial charge in [0.1, 0.15) is 15.9 Å². The minimum absolute atomic E-state index is 0.0205. The number of nitrogens with one attached hydrogen (secondary N) is 1. The molecule has 172 valence electrons. The second kappa shape index (κ2) is 8.77. The zero-order valence-electron chi connectivity index (χ0n) is 17.9. The first-order valence-electron chi connectivity index (χ1n) is 10.2. The van der Waals surface area contributed by atoms with Crippen molar-refractivity contribution in [3.63, 3.8) is 0 Å². The number of nitrogens with zero attached hydrogens (tertiary/aromatic N) is 5. The monoisotopic (exact) mass is 516 g/mol. The Morgan fingerprint density at radius 1 is 1.27 bits per heavy atom. The number of non-ortho nitro benzene ring substituents is 1.